The third-order valence-corrected chi connectivity index (χ3v) is 5.67. The predicted octanol–water partition coefficient (Wildman–Crippen LogP) is 0.550. The number of piperazine rings is 1. The molecule has 5 nitrogen and oxygen atoms in total. The van der Waals surface area contributed by atoms with Gasteiger partial charge in [0.15, 0.2) is 0 Å². The van der Waals surface area contributed by atoms with Crippen molar-refractivity contribution >= 4 is 10.0 Å². The number of nitrogens with zero attached hydrogens (tertiary/aromatic N) is 3. The van der Waals surface area contributed by atoms with Crippen LogP contribution in [0.1, 0.15) is 12.8 Å². The van der Waals surface area contributed by atoms with Crippen LogP contribution in [-0.4, -0.2) is 54.8 Å². The Morgan fingerprint density at radius 1 is 1.28 bits per heavy atom. The van der Waals surface area contributed by atoms with Crippen molar-refractivity contribution in [3.05, 3.63) is 24.5 Å². The molecule has 2 aliphatic heterocycles. The molecule has 0 aromatic carbocycles. The molecule has 0 radical (unpaired) electrons. The van der Waals surface area contributed by atoms with E-state index in [1.165, 1.54) is 12.6 Å². The monoisotopic (exact) mass is 267 g/mol. The van der Waals surface area contributed by atoms with E-state index in [4.69, 9.17) is 0 Å². The van der Waals surface area contributed by atoms with Crippen molar-refractivity contribution in [3.8, 4) is 0 Å². The fourth-order valence-electron chi connectivity index (χ4n) is 2.83. The molecule has 2 saturated heterocycles. The van der Waals surface area contributed by atoms with E-state index in [1.807, 2.05) is 0 Å². The Balaban J connectivity index is 1.82. The lowest BCUT2D eigenvalue weighted by Crippen LogP contribution is -2.51. The SMILES string of the molecule is O=S(=O)(c1cccnc1)N1CCN2CCCC2C1. The first-order valence-corrected chi connectivity index (χ1v) is 7.76. The van der Waals surface area contributed by atoms with Crippen molar-refractivity contribution in [2.75, 3.05) is 26.2 Å². The Kier molecular flexibility index (Phi) is 3.09. The molecule has 0 N–H and O–H groups in total. The van der Waals surface area contributed by atoms with E-state index < -0.39 is 10.0 Å². The number of hydrogen-bond donors (Lipinski definition) is 0. The second-order valence-electron chi connectivity index (χ2n) is 4.88. The minimum absolute atomic E-state index is 0.302. The first-order chi connectivity index (χ1) is 8.68. The van der Waals surface area contributed by atoms with Crippen LogP contribution in [0.2, 0.25) is 0 Å². The molecule has 1 aromatic rings. The average molecular weight is 267 g/mol. The van der Waals surface area contributed by atoms with E-state index in [0.29, 0.717) is 24.0 Å². The summed E-state index contributed by atoms with van der Waals surface area (Å²) < 4.78 is 26.5. The number of rotatable bonds is 2. The highest BCUT2D eigenvalue weighted by atomic mass is 32.2. The zero-order valence-electron chi connectivity index (χ0n) is 10.2. The summed E-state index contributed by atoms with van der Waals surface area (Å²) in [4.78, 5) is 6.60. The van der Waals surface area contributed by atoms with Gasteiger partial charge in [-0.25, -0.2) is 8.42 Å². The number of sulfonamides is 1. The smallest absolute Gasteiger partial charge is 0.244 e. The third-order valence-electron chi connectivity index (χ3n) is 3.82. The number of fused-ring (bicyclic) bond motifs is 1. The van der Waals surface area contributed by atoms with E-state index in [-0.39, 0.29) is 0 Å². The second kappa shape index (κ2) is 4.60. The summed E-state index contributed by atoms with van der Waals surface area (Å²) >= 11 is 0. The zero-order valence-corrected chi connectivity index (χ0v) is 11.0. The molecule has 0 saturated carbocycles. The summed E-state index contributed by atoms with van der Waals surface area (Å²) in [6, 6.07) is 3.69. The number of aromatic nitrogens is 1. The predicted molar refractivity (Wildman–Crippen MR) is 67.6 cm³/mol. The van der Waals surface area contributed by atoms with Crippen LogP contribution >= 0.6 is 0 Å². The standard InChI is InChI=1S/C12H17N3O2S/c16-18(17,12-4-1-5-13-9-12)15-8-7-14-6-2-3-11(14)10-15/h1,4-5,9,11H,2-3,6-8,10H2. The third kappa shape index (κ3) is 2.04. The van der Waals surface area contributed by atoms with Gasteiger partial charge in [0, 0.05) is 38.1 Å². The van der Waals surface area contributed by atoms with E-state index in [9.17, 15) is 8.42 Å². The minimum Gasteiger partial charge on any atom is -0.298 e. The van der Waals surface area contributed by atoms with Crippen LogP contribution in [0.5, 0.6) is 0 Å². The van der Waals surface area contributed by atoms with Gasteiger partial charge in [0.2, 0.25) is 10.0 Å². The Bertz CT molecular complexity index is 517. The molecule has 1 aromatic heterocycles. The van der Waals surface area contributed by atoms with E-state index in [0.717, 1.165) is 19.5 Å². The molecule has 6 heteroatoms. The van der Waals surface area contributed by atoms with Crippen molar-refractivity contribution in [2.45, 2.75) is 23.8 Å². The molecule has 0 bridgehead atoms. The molecule has 18 heavy (non-hydrogen) atoms. The molecule has 0 aliphatic carbocycles. The lowest BCUT2D eigenvalue weighted by Gasteiger charge is -2.36. The Morgan fingerprint density at radius 2 is 2.17 bits per heavy atom. The Morgan fingerprint density at radius 3 is 2.94 bits per heavy atom. The summed E-state index contributed by atoms with van der Waals surface area (Å²) in [6.07, 6.45) is 5.31. The summed E-state index contributed by atoms with van der Waals surface area (Å²) in [5, 5.41) is 0. The average Bonchev–Trinajstić information content (AvgIpc) is 2.87. The number of hydrogen-bond acceptors (Lipinski definition) is 4. The summed E-state index contributed by atoms with van der Waals surface area (Å²) in [7, 11) is -3.36. The van der Waals surface area contributed by atoms with Crippen molar-refractivity contribution in [1.82, 2.24) is 14.2 Å². The van der Waals surface area contributed by atoms with E-state index in [1.54, 1.807) is 22.6 Å². The van der Waals surface area contributed by atoms with Crippen molar-refractivity contribution in [3.63, 3.8) is 0 Å². The van der Waals surface area contributed by atoms with Gasteiger partial charge >= 0.3 is 0 Å². The lowest BCUT2D eigenvalue weighted by molar-refractivity contribution is 0.158. The van der Waals surface area contributed by atoms with Crippen LogP contribution in [0.4, 0.5) is 0 Å². The normalized spacial score (nSPS) is 26.1. The van der Waals surface area contributed by atoms with Crippen LogP contribution in [0.15, 0.2) is 29.4 Å². The summed E-state index contributed by atoms with van der Waals surface area (Å²) in [5.41, 5.74) is 0. The van der Waals surface area contributed by atoms with Crippen LogP contribution in [0.25, 0.3) is 0 Å². The topological polar surface area (TPSA) is 53.5 Å². The Hall–Kier alpha value is -0.980. The van der Waals surface area contributed by atoms with Crippen LogP contribution < -0.4 is 0 Å². The molecule has 98 valence electrons. The molecule has 2 aliphatic rings. The van der Waals surface area contributed by atoms with Gasteiger partial charge in [-0.05, 0) is 31.5 Å². The first kappa shape index (κ1) is 12.1. The number of pyridine rings is 1. The molecule has 0 spiro atoms. The van der Waals surface area contributed by atoms with Gasteiger partial charge in [0.25, 0.3) is 0 Å². The molecular weight excluding hydrogens is 250 g/mol. The fourth-order valence-corrected chi connectivity index (χ4v) is 4.26. The van der Waals surface area contributed by atoms with Crippen LogP contribution in [0, 0.1) is 0 Å². The largest absolute Gasteiger partial charge is 0.298 e. The Labute approximate surface area is 107 Å². The van der Waals surface area contributed by atoms with Crippen molar-refractivity contribution in [1.29, 1.82) is 0 Å². The molecule has 2 fully saturated rings. The molecular formula is C12H17N3O2S. The molecule has 0 amide bonds. The maximum atomic E-state index is 12.4. The highest BCUT2D eigenvalue weighted by Gasteiger charge is 2.36. The molecule has 1 unspecified atom stereocenters. The molecule has 3 rings (SSSR count). The summed E-state index contributed by atoms with van der Waals surface area (Å²) in [6.45, 7) is 3.18. The van der Waals surface area contributed by atoms with Gasteiger partial charge < -0.3 is 0 Å². The van der Waals surface area contributed by atoms with E-state index in [2.05, 4.69) is 9.88 Å². The zero-order chi connectivity index (χ0) is 12.6. The maximum absolute atomic E-state index is 12.4. The van der Waals surface area contributed by atoms with Gasteiger partial charge in [-0.15, -0.1) is 0 Å². The van der Waals surface area contributed by atoms with Crippen molar-refractivity contribution < 1.29 is 8.42 Å². The van der Waals surface area contributed by atoms with Crippen LogP contribution in [0.3, 0.4) is 0 Å². The van der Waals surface area contributed by atoms with Gasteiger partial charge in [-0.3, -0.25) is 9.88 Å². The molecule has 3 heterocycles. The quantitative estimate of drug-likeness (QED) is 0.785. The van der Waals surface area contributed by atoms with Gasteiger partial charge in [0.05, 0.1) is 0 Å². The van der Waals surface area contributed by atoms with Crippen molar-refractivity contribution in [2.24, 2.45) is 0 Å². The van der Waals surface area contributed by atoms with Crippen LogP contribution in [-0.2, 0) is 10.0 Å². The van der Waals surface area contributed by atoms with Gasteiger partial charge in [-0.1, -0.05) is 0 Å². The maximum Gasteiger partial charge on any atom is 0.244 e. The van der Waals surface area contributed by atoms with Gasteiger partial charge in [-0.2, -0.15) is 4.31 Å². The molecule has 1 atom stereocenters. The van der Waals surface area contributed by atoms with E-state index >= 15 is 0 Å². The second-order valence-corrected chi connectivity index (χ2v) is 6.82. The highest BCUT2D eigenvalue weighted by molar-refractivity contribution is 7.89. The summed E-state index contributed by atoms with van der Waals surface area (Å²) in [5.74, 6) is 0. The fraction of sp³-hybridized carbons (Fsp3) is 0.583. The van der Waals surface area contributed by atoms with Gasteiger partial charge in [0.1, 0.15) is 4.90 Å². The first-order valence-electron chi connectivity index (χ1n) is 6.32. The lowest BCUT2D eigenvalue weighted by atomic mass is 10.2. The minimum atomic E-state index is -3.36. The highest BCUT2D eigenvalue weighted by Crippen LogP contribution is 2.25.